The van der Waals surface area contributed by atoms with E-state index in [-0.39, 0.29) is 17.7 Å². The first-order valence-corrected chi connectivity index (χ1v) is 10.8. The zero-order valence-corrected chi connectivity index (χ0v) is 17.1. The molecule has 148 valence electrons. The molecule has 1 aliphatic carbocycles. The van der Waals surface area contributed by atoms with Crippen LogP contribution >= 0.6 is 11.3 Å². The van der Waals surface area contributed by atoms with Crippen LogP contribution in [0.15, 0.2) is 17.9 Å². The normalized spacial score (nSPS) is 27.4. The number of hydrogen-bond donors (Lipinski definition) is 0. The number of aromatic nitrogens is 3. The van der Waals surface area contributed by atoms with Crippen LogP contribution in [0.1, 0.15) is 46.4 Å². The predicted octanol–water partition coefficient (Wildman–Crippen LogP) is 2.05. The minimum atomic E-state index is -0.552. The number of carbonyl (C=O) groups excluding carboxylic acids is 2. The van der Waals surface area contributed by atoms with Gasteiger partial charge in [-0.2, -0.15) is 0 Å². The van der Waals surface area contributed by atoms with Crippen LogP contribution in [-0.2, 0) is 11.8 Å². The van der Waals surface area contributed by atoms with E-state index >= 15 is 0 Å². The Morgan fingerprint density at radius 1 is 1.39 bits per heavy atom. The molecule has 3 aliphatic rings. The summed E-state index contributed by atoms with van der Waals surface area (Å²) < 4.78 is 1.92. The lowest BCUT2D eigenvalue weighted by molar-refractivity contribution is -0.136. The number of aryl methyl sites for hydroxylation is 2. The number of rotatable bonds is 4. The summed E-state index contributed by atoms with van der Waals surface area (Å²) in [6.07, 6.45) is 7.02. The summed E-state index contributed by atoms with van der Waals surface area (Å²) in [7, 11) is 1.94. The van der Waals surface area contributed by atoms with Crippen molar-refractivity contribution in [3.05, 3.63) is 34.3 Å². The molecule has 2 aliphatic heterocycles. The first kappa shape index (κ1) is 17.8. The first-order valence-electron chi connectivity index (χ1n) is 9.95. The van der Waals surface area contributed by atoms with Gasteiger partial charge >= 0.3 is 0 Å². The molecule has 7 nitrogen and oxygen atoms in total. The molecule has 8 heteroatoms. The highest BCUT2D eigenvalue weighted by molar-refractivity contribution is 7.09. The summed E-state index contributed by atoms with van der Waals surface area (Å²) in [6, 6.07) is 0. The van der Waals surface area contributed by atoms with Crippen molar-refractivity contribution < 1.29 is 9.59 Å². The molecule has 5 rings (SSSR count). The first-order chi connectivity index (χ1) is 13.5. The van der Waals surface area contributed by atoms with Crippen molar-refractivity contribution in [3.63, 3.8) is 0 Å². The molecule has 0 bridgehead atoms. The average molecular weight is 400 g/mol. The van der Waals surface area contributed by atoms with Crippen molar-refractivity contribution in [2.75, 3.05) is 26.2 Å². The van der Waals surface area contributed by atoms with Crippen LogP contribution in [0.4, 0.5) is 0 Å². The molecule has 2 atom stereocenters. The highest BCUT2D eigenvalue weighted by Crippen LogP contribution is 2.50. The van der Waals surface area contributed by atoms with Crippen LogP contribution < -0.4 is 0 Å². The van der Waals surface area contributed by atoms with Gasteiger partial charge in [0.25, 0.3) is 5.91 Å². The van der Waals surface area contributed by atoms with Gasteiger partial charge < -0.3 is 14.4 Å². The van der Waals surface area contributed by atoms with Gasteiger partial charge in [0.05, 0.1) is 22.4 Å². The van der Waals surface area contributed by atoms with Gasteiger partial charge in [0.2, 0.25) is 5.91 Å². The predicted molar refractivity (Wildman–Crippen MR) is 105 cm³/mol. The Morgan fingerprint density at radius 2 is 2.21 bits per heavy atom. The summed E-state index contributed by atoms with van der Waals surface area (Å²) >= 11 is 1.48. The number of imidazole rings is 1. The zero-order valence-electron chi connectivity index (χ0n) is 16.3. The van der Waals surface area contributed by atoms with E-state index in [1.54, 1.807) is 6.33 Å². The Morgan fingerprint density at radius 3 is 2.86 bits per heavy atom. The maximum absolute atomic E-state index is 13.5. The van der Waals surface area contributed by atoms with Gasteiger partial charge in [-0.1, -0.05) is 0 Å². The number of hydrogen-bond acceptors (Lipinski definition) is 5. The molecule has 3 fully saturated rings. The van der Waals surface area contributed by atoms with Gasteiger partial charge in [0, 0.05) is 50.7 Å². The second kappa shape index (κ2) is 6.40. The van der Waals surface area contributed by atoms with Crippen LogP contribution in [0.2, 0.25) is 0 Å². The fourth-order valence-electron chi connectivity index (χ4n) is 4.79. The largest absolute Gasteiger partial charge is 0.342 e. The Bertz CT molecular complexity index is 933. The van der Waals surface area contributed by atoms with Crippen molar-refractivity contribution in [1.82, 2.24) is 24.3 Å². The minimum absolute atomic E-state index is 0.0610. The molecule has 0 N–H and O–H groups in total. The SMILES string of the molecule is Cc1nc(C(=O)N2CC(c3cn(C)cn3)C3(CCN(CC4CC4)C3=O)C2)cs1. The van der Waals surface area contributed by atoms with E-state index in [1.165, 1.54) is 24.2 Å². The van der Waals surface area contributed by atoms with E-state index in [9.17, 15) is 9.59 Å². The topological polar surface area (TPSA) is 71.3 Å². The van der Waals surface area contributed by atoms with Gasteiger partial charge in [-0.15, -0.1) is 11.3 Å². The van der Waals surface area contributed by atoms with Crippen LogP contribution in [0.3, 0.4) is 0 Å². The van der Waals surface area contributed by atoms with Gasteiger partial charge in [0.15, 0.2) is 0 Å². The Hall–Kier alpha value is -2.22. The summed E-state index contributed by atoms with van der Waals surface area (Å²) in [4.78, 5) is 39.4. The molecule has 0 radical (unpaired) electrons. The number of carbonyl (C=O) groups is 2. The molecule has 2 unspecified atom stereocenters. The average Bonchev–Trinajstić information content (AvgIpc) is 3.01. The number of nitrogens with zero attached hydrogens (tertiary/aromatic N) is 5. The second-order valence-corrected chi connectivity index (χ2v) is 9.62. The van der Waals surface area contributed by atoms with Crippen molar-refractivity contribution >= 4 is 23.2 Å². The quantitative estimate of drug-likeness (QED) is 0.789. The maximum atomic E-state index is 13.5. The Kier molecular flexibility index (Phi) is 4.08. The molecular weight excluding hydrogens is 374 g/mol. The zero-order chi connectivity index (χ0) is 19.5. The van der Waals surface area contributed by atoms with E-state index in [0.717, 1.165) is 30.2 Å². The molecule has 1 saturated carbocycles. The number of thiazole rings is 1. The Balaban J connectivity index is 1.46. The van der Waals surface area contributed by atoms with E-state index in [1.807, 2.05) is 39.9 Å². The van der Waals surface area contributed by atoms with E-state index in [4.69, 9.17) is 0 Å². The third-order valence-electron chi connectivity index (χ3n) is 6.47. The number of amides is 2. The fourth-order valence-corrected chi connectivity index (χ4v) is 5.38. The number of likely N-dealkylation sites (tertiary alicyclic amines) is 2. The lowest BCUT2D eigenvalue weighted by Crippen LogP contribution is -2.41. The van der Waals surface area contributed by atoms with E-state index < -0.39 is 5.41 Å². The highest BCUT2D eigenvalue weighted by atomic mass is 32.1. The van der Waals surface area contributed by atoms with Gasteiger partial charge in [-0.3, -0.25) is 9.59 Å². The lowest BCUT2D eigenvalue weighted by Gasteiger charge is -2.27. The second-order valence-electron chi connectivity index (χ2n) is 8.55. The molecule has 2 saturated heterocycles. The highest BCUT2D eigenvalue weighted by Gasteiger charge is 2.59. The summed E-state index contributed by atoms with van der Waals surface area (Å²) in [6.45, 7) is 4.55. The summed E-state index contributed by atoms with van der Waals surface area (Å²) in [5.74, 6) is 0.744. The van der Waals surface area contributed by atoms with Crippen molar-refractivity contribution in [1.29, 1.82) is 0 Å². The van der Waals surface area contributed by atoms with Crippen LogP contribution in [0.25, 0.3) is 0 Å². The third kappa shape index (κ3) is 2.85. The smallest absolute Gasteiger partial charge is 0.273 e. The third-order valence-corrected chi connectivity index (χ3v) is 7.24. The van der Waals surface area contributed by atoms with Gasteiger partial charge in [0.1, 0.15) is 5.69 Å². The lowest BCUT2D eigenvalue weighted by atomic mass is 9.75. The molecule has 0 aromatic carbocycles. The van der Waals surface area contributed by atoms with Crippen molar-refractivity contribution in [2.45, 2.75) is 32.1 Å². The molecule has 4 heterocycles. The molecule has 1 spiro atoms. The van der Waals surface area contributed by atoms with E-state index in [0.29, 0.717) is 24.7 Å². The monoisotopic (exact) mass is 399 g/mol. The molecule has 28 heavy (non-hydrogen) atoms. The minimum Gasteiger partial charge on any atom is -0.342 e. The molecular formula is C20H25N5O2S. The van der Waals surface area contributed by atoms with Crippen LogP contribution in [0, 0.1) is 18.3 Å². The van der Waals surface area contributed by atoms with E-state index in [2.05, 4.69) is 9.97 Å². The standard InChI is InChI=1S/C20H25N5O2S/c1-13-22-17(10-28-13)18(26)25-8-15(16-9-23(2)12-21-16)20(11-25)5-6-24(19(20)27)7-14-3-4-14/h9-10,12,14-15H,3-8,11H2,1-2H3. The summed E-state index contributed by atoms with van der Waals surface area (Å²) in [5.41, 5.74) is 0.845. The van der Waals surface area contributed by atoms with Crippen molar-refractivity contribution in [2.24, 2.45) is 18.4 Å². The molecule has 2 aromatic heterocycles. The summed E-state index contributed by atoms with van der Waals surface area (Å²) in [5, 5.41) is 2.69. The molecule has 2 amide bonds. The van der Waals surface area contributed by atoms with Crippen molar-refractivity contribution in [3.8, 4) is 0 Å². The van der Waals surface area contributed by atoms with Crippen LogP contribution in [-0.4, -0.2) is 62.3 Å². The van der Waals surface area contributed by atoms with Gasteiger partial charge in [-0.05, 0) is 32.1 Å². The Labute approximate surface area is 168 Å². The van der Waals surface area contributed by atoms with Gasteiger partial charge in [-0.25, -0.2) is 9.97 Å². The molecule has 2 aromatic rings. The van der Waals surface area contributed by atoms with Crippen LogP contribution in [0.5, 0.6) is 0 Å². The maximum Gasteiger partial charge on any atom is 0.273 e. The fraction of sp³-hybridized carbons (Fsp3) is 0.600.